The molecule has 0 saturated carbocycles. The number of fused-ring (bicyclic) bond motifs is 1. The Bertz CT molecular complexity index is 1500. The highest BCUT2D eigenvalue weighted by atomic mass is 16.6. The van der Waals surface area contributed by atoms with Crippen LogP contribution >= 0.6 is 0 Å². The van der Waals surface area contributed by atoms with E-state index in [4.69, 9.17) is 24.7 Å². The van der Waals surface area contributed by atoms with Crippen molar-refractivity contribution in [1.29, 1.82) is 0 Å². The number of nitrogen functional groups attached to an aromatic ring is 1. The van der Waals surface area contributed by atoms with Crippen LogP contribution in [-0.4, -0.2) is 44.4 Å². The number of nitrogens with zero attached hydrogens (tertiary/aromatic N) is 4. The number of hydrogen-bond donors (Lipinski definition) is 1. The number of benzene rings is 3. The molecule has 6 rings (SSSR count). The van der Waals surface area contributed by atoms with Gasteiger partial charge in [0.25, 0.3) is 0 Å². The van der Waals surface area contributed by atoms with Gasteiger partial charge in [0.1, 0.15) is 30.2 Å². The summed E-state index contributed by atoms with van der Waals surface area (Å²) in [6, 6.07) is 30.2. The summed E-state index contributed by atoms with van der Waals surface area (Å²) in [6.07, 6.45) is 1.20. The lowest BCUT2D eigenvalue weighted by Gasteiger charge is -2.25. The standard InChI is InChI=1S/C31H31N5O4/c32-29-26-30(34-20-33-29)36(21-35-26)31-28(39-18-24-14-8-3-9-15-24)27(38-17-23-12-6-2-7-13-23)25(40-31)19-37-16-22-10-4-1-5-11-22/h1-15,20-21,25,27-28,31H,16-19H2,(H2,32,33,34)/t25-,27-,28+,31+/m0/s1. The number of imidazole rings is 1. The summed E-state index contributed by atoms with van der Waals surface area (Å²) in [7, 11) is 0. The Labute approximate surface area is 232 Å². The van der Waals surface area contributed by atoms with Crippen molar-refractivity contribution in [3.05, 3.63) is 120 Å². The Kier molecular flexibility index (Phi) is 8.06. The van der Waals surface area contributed by atoms with Gasteiger partial charge in [-0.3, -0.25) is 4.57 Å². The van der Waals surface area contributed by atoms with Gasteiger partial charge in [0.2, 0.25) is 0 Å². The molecule has 0 radical (unpaired) electrons. The highest BCUT2D eigenvalue weighted by Gasteiger charge is 2.48. The molecule has 9 heteroatoms. The molecule has 4 atom stereocenters. The van der Waals surface area contributed by atoms with Crippen LogP contribution in [0.4, 0.5) is 5.82 Å². The summed E-state index contributed by atoms with van der Waals surface area (Å²) in [4.78, 5) is 13.0. The topological polar surface area (TPSA) is 107 Å². The number of rotatable bonds is 11. The molecule has 9 nitrogen and oxygen atoms in total. The summed E-state index contributed by atoms with van der Waals surface area (Å²) in [6.45, 7) is 1.57. The fraction of sp³-hybridized carbons (Fsp3) is 0.258. The maximum atomic E-state index is 6.64. The van der Waals surface area contributed by atoms with Crippen LogP contribution < -0.4 is 5.73 Å². The fourth-order valence-corrected chi connectivity index (χ4v) is 4.90. The molecule has 3 heterocycles. The number of nitrogens with two attached hydrogens (primary N) is 1. The van der Waals surface area contributed by atoms with E-state index < -0.39 is 24.5 Å². The first-order chi connectivity index (χ1) is 19.8. The molecule has 0 unspecified atom stereocenters. The summed E-state index contributed by atoms with van der Waals surface area (Å²) < 4.78 is 27.7. The van der Waals surface area contributed by atoms with Gasteiger partial charge in [-0.1, -0.05) is 91.0 Å². The Balaban J connectivity index is 1.29. The van der Waals surface area contributed by atoms with Gasteiger partial charge in [0, 0.05) is 0 Å². The molecule has 1 fully saturated rings. The largest absolute Gasteiger partial charge is 0.382 e. The lowest BCUT2D eigenvalue weighted by Crippen LogP contribution is -2.38. The third-order valence-electron chi connectivity index (χ3n) is 6.91. The van der Waals surface area contributed by atoms with Gasteiger partial charge in [0.15, 0.2) is 17.7 Å². The van der Waals surface area contributed by atoms with E-state index in [2.05, 4.69) is 15.0 Å². The first-order valence-electron chi connectivity index (χ1n) is 13.3. The van der Waals surface area contributed by atoms with Crippen LogP contribution in [0, 0.1) is 0 Å². The Morgan fingerprint density at radius 1 is 0.700 bits per heavy atom. The van der Waals surface area contributed by atoms with E-state index >= 15 is 0 Å². The zero-order valence-electron chi connectivity index (χ0n) is 22.0. The average molecular weight is 538 g/mol. The molecule has 0 amide bonds. The highest BCUT2D eigenvalue weighted by molar-refractivity contribution is 5.81. The van der Waals surface area contributed by atoms with E-state index in [0.717, 1.165) is 16.7 Å². The lowest BCUT2D eigenvalue weighted by molar-refractivity contribution is -0.0913. The third kappa shape index (κ3) is 5.88. The molecule has 1 saturated heterocycles. The van der Waals surface area contributed by atoms with Crippen molar-refractivity contribution in [2.75, 3.05) is 12.3 Å². The van der Waals surface area contributed by atoms with Crippen molar-refractivity contribution in [1.82, 2.24) is 19.5 Å². The minimum absolute atomic E-state index is 0.308. The maximum absolute atomic E-state index is 6.64. The predicted octanol–water partition coefficient (Wildman–Crippen LogP) is 4.69. The normalized spacial score (nSPS) is 20.7. The summed E-state index contributed by atoms with van der Waals surface area (Å²) in [5.74, 6) is 0.308. The van der Waals surface area contributed by atoms with E-state index in [9.17, 15) is 0 Å². The van der Waals surface area contributed by atoms with Crippen LogP contribution in [-0.2, 0) is 38.8 Å². The number of anilines is 1. The van der Waals surface area contributed by atoms with Gasteiger partial charge in [-0.15, -0.1) is 0 Å². The van der Waals surface area contributed by atoms with Crippen molar-refractivity contribution < 1.29 is 18.9 Å². The van der Waals surface area contributed by atoms with Gasteiger partial charge in [-0.05, 0) is 16.7 Å². The number of aromatic nitrogens is 4. The second kappa shape index (κ2) is 12.4. The second-order valence-electron chi connectivity index (χ2n) is 9.67. The van der Waals surface area contributed by atoms with Crippen LogP contribution in [0.1, 0.15) is 22.9 Å². The number of hydrogen-bond acceptors (Lipinski definition) is 8. The van der Waals surface area contributed by atoms with Gasteiger partial charge >= 0.3 is 0 Å². The molecule has 2 aromatic heterocycles. The van der Waals surface area contributed by atoms with Gasteiger partial charge < -0.3 is 24.7 Å². The van der Waals surface area contributed by atoms with Gasteiger partial charge in [-0.25, -0.2) is 15.0 Å². The third-order valence-corrected chi connectivity index (χ3v) is 6.91. The van der Waals surface area contributed by atoms with E-state index in [1.165, 1.54) is 6.33 Å². The fourth-order valence-electron chi connectivity index (χ4n) is 4.90. The van der Waals surface area contributed by atoms with Crippen LogP contribution in [0.25, 0.3) is 11.2 Å². The molecular weight excluding hydrogens is 506 g/mol. The smallest absolute Gasteiger partial charge is 0.167 e. The monoisotopic (exact) mass is 537 g/mol. The van der Waals surface area contributed by atoms with Crippen LogP contribution in [0.5, 0.6) is 0 Å². The molecule has 204 valence electrons. The predicted molar refractivity (Wildman–Crippen MR) is 150 cm³/mol. The molecule has 0 aliphatic carbocycles. The quantitative estimate of drug-likeness (QED) is 0.259. The highest BCUT2D eigenvalue weighted by Crippen LogP contribution is 2.37. The molecule has 5 aromatic rings. The summed E-state index contributed by atoms with van der Waals surface area (Å²) >= 11 is 0. The zero-order valence-corrected chi connectivity index (χ0v) is 22.0. The molecule has 40 heavy (non-hydrogen) atoms. The first-order valence-corrected chi connectivity index (χ1v) is 13.3. The second-order valence-corrected chi connectivity index (χ2v) is 9.67. The Morgan fingerprint density at radius 3 is 1.90 bits per heavy atom. The van der Waals surface area contributed by atoms with Crippen LogP contribution in [0.15, 0.2) is 104 Å². The number of ether oxygens (including phenoxy) is 4. The molecule has 1 aliphatic heterocycles. The van der Waals surface area contributed by atoms with Crippen molar-refractivity contribution in [2.45, 2.75) is 44.4 Å². The summed E-state index contributed by atoms with van der Waals surface area (Å²) in [5, 5.41) is 0. The van der Waals surface area contributed by atoms with Crippen LogP contribution in [0.3, 0.4) is 0 Å². The van der Waals surface area contributed by atoms with Crippen molar-refractivity contribution in [2.24, 2.45) is 0 Å². The first kappa shape index (κ1) is 26.1. The molecular formula is C31H31N5O4. The van der Waals surface area contributed by atoms with Gasteiger partial charge in [-0.2, -0.15) is 0 Å². The molecule has 1 aliphatic rings. The Morgan fingerprint density at radius 2 is 1.27 bits per heavy atom. The van der Waals surface area contributed by atoms with E-state index in [0.29, 0.717) is 43.4 Å². The van der Waals surface area contributed by atoms with Crippen molar-refractivity contribution >= 4 is 17.0 Å². The van der Waals surface area contributed by atoms with E-state index in [-0.39, 0.29) is 0 Å². The summed E-state index contributed by atoms with van der Waals surface area (Å²) in [5.41, 5.74) is 10.4. The van der Waals surface area contributed by atoms with Gasteiger partial charge in [0.05, 0.1) is 32.8 Å². The molecule has 0 spiro atoms. The van der Waals surface area contributed by atoms with Crippen LogP contribution in [0.2, 0.25) is 0 Å². The zero-order chi connectivity index (χ0) is 27.1. The van der Waals surface area contributed by atoms with E-state index in [1.54, 1.807) is 6.33 Å². The average Bonchev–Trinajstić information content (AvgIpc) is 3.58. The minimum Gasteiger partial charge on any atom is -0.382 e. The maximum Gasteiger partial charge on any atom is 0.167 e. The SMILES string of the molecule is Nc1ncnc2c1ncn2[C@@H]1O[C@@H](COCc2ccccc2)[C@H](OCc2ccccc2)[C@H]1OCc1ccccc1. The molecule has 3 aromatic carbocycles. The lowest BCUT2D eigenvalue weighted by atomic mass is 10.1. The van der Waals surface area contributed by atoms with Crippen molar-refractivity contribution in [3.8, 4) is 0 Å². The Hall–Kier alpha value is -4.15. The minimum atomic E-state index is -0.575. The molecule has 0 bridgehead atoms. The van der Waals surface area contributed by atoms with E-state index in [1.807, 2.05) is 95.6 Å². The van der Waals surface area contributed by atoms with Crippen molar-refractivity contribution in [3.63, 3.8) is 0 Å². The molecule has 2 N–H and O–H groups in total.